The lowest BCUT2D eigenvalue weighted by atomic mass is 9.74. The van der Waals surface area contributed by atoms with Gasteiger partial charge in [0.1, 0.15) is 11.6 Å². The third-order valence-corrected chi connectivity index (χ3v) is 5.14. The Morgan fingerprint density at radius 1 is 1.14 bits per heavy atom. The Balaban J connectivity index is 1.90. The monoisotopic (exact) mass is 387 g/mol. The van der Waals surface area contributed by atoms with E-state index in [4.69, 9.17) is 4.74 Å². The molecular formula is C22H23F2NO3. The average molecular weight is 387 g/mol. The van der Waals surface area contributed by atoms with Gasteiger partial charge in [-0.25, -0.2) is 8.78 Å². The minimum atomic E-state index is -1.06. The van der Waals surface area contributed by atoms with Gasteiger partial charge in [0.05, 0.1) is 12.0 Å². The molecule has 1 heterocycles. The standard InChI is InChI=1S/C22H23F2NO3/c1-2-28-21(27)22(14-17-9-10-18(23)13-19(17)24)11-6-12-25(15-22)20(26)16-7-4-3-5-8-16/h3-5,7-10,13H,2,6,11-12,14-15H2,1H3/t22-/m0/s1. The summed E-state index contributed by atoms with van der Waals surface area (Å²) in [7, 11) is 0. The minimum Gasteiger partial charge on any atom is -0.466 e. The molecule has 3 rings (SSSR count). The second-order valence-corrected chi connectivity index (χ2v) is 7.11. The predicted molar refractivity (Wildman–Crippen MR) is 101 cm³/mol. The van der Waals surface area contributed by atoms with Crippen molar-refractivity contribution < 1.29 is 23.1 Å². The van der Waals surface area contributed by atoms with Gasteiger partial charge in [0.15, 0.2) is 0 Å². The summed E-state index contributed by atoms with van der Waals surface area (Å²) < 4.78 is 32.8. The normalized spacial score (nSPS) is 19.3. The molecule has 4 nitrogen and oxygen atoms in total. The van der Waals surface area contributed by atoms with Crippen molar-refractivity contribution >= 4 is 11.9 Å². The lowest BCUT2D eigenvalue weighted by Crippen LogP contribution is -2.51. The number of ether oxygens (including phenoxy) is 1. The van der Waals surface area contributed by atoms with E-state index in [1.54, 1.807) is 36.1 Å². The Morgan fingerprint density at radius 2 is 1.89 bits per heavy atom. The number of likely N-dealkylation sites (tertiary alicyclic amines) is 1. The van der Waals surface area contributed by atoms with Crippen LogP contribution in [0.15, 0.2) is 48.5 Å². The number of nitrogens with zero attached hydrogens (tertiary/aromatic N) is 1. The predicted octanol–water partition coefficient (Wildman–Crippen LogP) is 3.99. The molecule has 0 radical (unpaired) electrons. The second-order valence-electron chi connectivity index (χ2n) is 7.11. The van der Waals surface area contributed by atoms with Gasteiger partial charge >= 0.3 is 5.97 Å². The highest BCUT2D eigenvalue weighted by Gasteiger charge is 2.45. The third-order valence-electron chi connectivity index (χ3n) is 5.14. The number of amides is 1. The van der Waals surface area contributed by atoms with E-state index >= 15 is 0 Å². The number of halogens is 2. The highest BCUT2D eigenvalue weighted by atomic mass is 19.1. The Labute approximate surface area is 163 Å². The number of carbonyl (C=O) groups excluding carboxylic acids is 2. The third kappa shape index (κ3) is 4.21. The topological polar surface area (TPSA) is 46.6 Å². The van der Waals surface area contributed by atoms with Crippen molar-refractivity contribution in [1.29, 1.82) is 0 Å². The fourth-order valence-corrected chi connectivity index (χ4v) is 3.77. The van der Waals surface area contributed by atoms with E-state index in [0.717, 1.165) is 6.07 Å². The van der Waals surface area contributed by atoms with Gasteiger partial charge in [-0.15, -0.1) is 0 Å². The summed E-state index contributed by atoms with van der Waals surface area (Å²) in [6, 6.07) is 12.2. The van der Waals surface area contributed by atoms with Gasteiger partial charge in [0.2, 0.25) is 0 Å². The molecule has 0 aliphatic carbocycles. The van der Waals surface area contributed by atoms with Crippen molar-refractivity contribution in [2.45, 2.75) is 26.2 Å². The van der Waals surface area contributed by atoms with Gasteiger partial charge in [-0.3, -0.25) is 9.59 Å². The molecule has 0 spiro atoms. The summed E-state index contributed by atoms with van der Waals surface area (Å²) in [5.41, 5.74) is -0.282. The molecule has 28 heavy (non-hydrogen) atoms. The molecule has 148 valence electrons. The van der Waals surface area contributed by atoms with Crippen LogP contribution in [0, 0.1) is 17.0 Å². The van der Waals surface area contributed by atoms with Crippen molar-refractivity contribution in [2.24, 2.45) is 5.41 Å². The number of esters is 1. The Kier molecular flexibility index (Phi) is 6.07. The van der Waals surface area contributed by atoms with Gasteiger partial charge in [-0.1, -0.05) is 24.3 Å². The summed E-state index contributed by atoms with van der Waals surface area (Å²) in [4.78, 5) is 27.4. The molecule has 1 aliphatic heterocycles. The molecular weight excluding hydrogens is 364 g/mol. The van der Waals surface area contributed by atoms with E-state index in [0.29, 0.717) is 24.9 Å². The Morgan fingerprint density at radius 3 is 2.57 bits per heavy atom. The van der Waals surface area contributed by atoms with Crippen molar-refractivity contribution in [3.63, 3.8) is 0 Å². The quantitative estimate of drug-likeness (QED) is 0.729. The van der Waals surface area contributed by atoms with Crippen LogP contribution in [0.5, 0.6) is 0 Å². The van der Waals surface area contributed by atoms with Crippen LogP contribution in [0.4, 0.5) is 8.78 Å². The number of hydrogen-bond donors (Lipinski definition) is 0. The van der Waals surface area contributed by atoms with E-state index in [1.165, 1.54) is 12.1 Å². The van der Waals surface area contributed by atoms with E-state index in [2.05, 4.69) is 0 Å². The molecule has 1 amide bonds. The van der Waals surface area contributed by atoms with E-state index < -0.39 is 23.0 Å². The van der Waals surface area contributed by atoms with E-state index in [9.17, 15) is 18.4 Å². The largest absolute Gasteiger partial charge is 0.466 e. The summed E-state index contributed by atoms with van der Waals surface area (Å²) >= 11 is 0. The number of rotatable bonds is 5. The van der Waals surface area contributed by atoms with E-state index in [1.807, 2.05) is 6.07 Å². The number of carbonyl (C=O) groups is 2. The van der Waals surface area contributed by atoms with Crippen molar-refractivity contribution in [3.8, 4) is 0 Å². The Hall–Kier alpha value is -2.76. The van der Waals surface area contributed by atoms with Crippen molar-refractivity contribution in [2.75, 3.05) is 19.7 Å². The molecule has 2 aromatic rings. The molecule has 0 saturated carbocycles. The first kappa shape index (κ1) is 20.0. The molecule has 0 bridgehead atoms. The summed E-state index contributed by atoms with van der Waals surface area (Å²) in [6.07, 6.45) is 1.12. The first-order chi connectivity index (χ1) is 13.4. The molecule has 1 saturated heterocycles. The van der Waals surface area contributed by atoms with Gasteiger partial charge < -0.3 is 9.64 Å². The van der Waals surface area contributed by atoms with Gasteiger partial charge in [0, 0.05) is 24.7 Å². The van der Waals surface area contributed by atoms with Crippen LogP contribution < -0.4 is 0 Å². The fraction of sp³-hybridized carbons (Fsp3) is 0.364. The van der Waals surface area contributed by atoms with Crippen LogP contribution >= 0.6 is 0 Å². The van der Waals surface area contributed by atoms with Crippen LogP contribution in [-0.4, -0.2) is 36.5 Å². The zero-order valence-corrected chi connectivity index (χ0v) is 15.8. The summed E-state index contributed by atoms with van der Waals surface area (Å²) in [5, 5.41) is 0. The van der Waals surface area contributed by atoms with Gasteiger partial charge in [0.25, 0.3) is 5.91 Å². The molecule has 2 aromatic carbocycles. The molecule has 6 heteroatoms. The van der Waals surface area contributed by atoms with Crippen LogP contribution in [-0.2, 0) is 16.0 Å². The fourth-order valence-electron chi connectivity index (χ4n) is 3.77. The summed E-state index contributed by atoms with van der Waals surface area (Å²) in [5.74, 6) is -2.00. The van der Waals surface area contributed by atoms with Crippen LogP contribution in [0.25, 0.3) is 0 Å². The number of benzene rings is 2. The average Bonchev–Trinajstić information content (AvgIpc) is 2.70. The first-order valence-electron chi connectivity index (χ1n) is 9.41. The molecule has 1 fully saturated rings. The SMILES string of the molecule is CCOC(=O)[C@]1(Cc2ccc(F)cc2F)CCCN(C(=O)c2ccccc2)C1. The van der Waals surface area contributed by atoms with Gasteiger partial charge in [-0.05, 0) is 49.9 Å². The molecule has 1 atom stereocenters. The molecule has 1 aliphatic rings. The zero-order chi connectivity index (χ0) is 20.1. The maximum absolute atomic E-state index is 14.3. The van der Waals surface area contributed by atoms with Crippen LogP contribution in [0.2, 0.25) is 0 Å². The van der Waals surface area contributed by atoms with E-state index in [-0.39, 0.29) is 31.0 Å². The second kappa shape index (κ2) is 8.50. The highest BCUT2D eigenvalue weighted by molar-refractivity contribution is 5.94. The highest BCUT2D eigenvalue weighted by Crippen LogP contribution is 2.36. The smallest absolute Gasteiger partial charge is 0.314 e. The number of hydrogen-bond acceptors (Lipinski definition) is 3. The molecule has 0 unspecified atom stereocenters. The molecule has 0 aromatic heterocycles. The maximum Gasteiger partial charge on any atom is 0.314 e. The van der Waals surface area contributed by atoms with Crippen molar-refractivity contribution in [3.05, 3.63) is 71.3 Å². The maximum atomic E-state index is 14.3. The first-order valence-corrected chi connectivity index (χ1v) is 9.41. The summed E-state index contributed by atoms with van der Waals surface area (Å²) in [6.45, 7) is 2.55. The lowest BCUT2D eigenvalue weighted by Gasteiger charge is -2.41. The van der Waals surface area contributed by atoms with Crippen molar-refractivity contribution in [1.82, 2.24) is 4.90 Å². The van der Waals surface area contributed by atoms with Crippen LogP contribution in [0.1, 0.15) is 35.7 Å². The number of piperidine rings is 1. The lowest BCUT2D eigenvalue weighted by molar-refractivity contribution is -0.158. The van der Waals surface area contributed by atoms with Crippen LogP contribution in [0.3, 0.4) is 0 Å². The minimum absolute atomic E-state index is 0.0521. The molecule has 0 N–H and O–H groups in total. The Bertz CT molecular complexity index is 856. The zero-order valence-electron chi connectivity index (χ0n) is 15.8. The van der Waals surface area contributed by atoms with Gasteiger partial charge in [-0.2, -0.15) is 0 Å².